The van der Waals surface area contributed by atoms with Crippen molar-refractivity contribution >= 4 is 17.5 Å². The fraction of sp³-hybridized carbons (Fsp3) is 0.308. The Hall–Kier alpha value is -2.37. The summed E-state index contributed by atoms with van der Waals surface area (Å²) in [7, 11) is 0. The number of carbonyl (C=O) groups is 3. The molecule has 0 aliphatic heterocycles. The highest BCUT2D eigenvalue weighted by Gasteiger charge is 2.31. The second-order valence-electron chi connectivity index (χ2n) is 5.21. The van der Waals surface area contributed by atoms with Gasteiger partial charge in [-0.3, -0.25) is 14.4 Å². The first-order valence-electron chi connectivity index (χ1n) is 5.74. The molecule has 0 saturated heterocycles. The van der Waals surface area contributed by atoms with E-state index < -0.39 is 17.0 Å². The first-order valence-corrected chi connectivity index (χ1v) is 5.74. The zero-order chi connectivity index (χ0) is 14.2. The number of nitrogens with one attached hydrogen (secondary N) is 1. The summed E-state index contributed by atoms with van der Waals surface area (Å²) >= 11 is 0. The molecule has 0 bridgehead atoms. The van der Waals surface area contributed by atoms with Crippen molar-refractivity contribution in [1.82, 2.24) is 15.3 Å². The maximum absolute atomic E-state index is 12.1. The van der Waals surface area contributed by atoms with Gasteiger partial charge in [-0.25, -0.2) is 9.97 Å². The summed E-state index contributed by atoms with van der Waals surface area (Å²) in [6.07, 6.45) is 3.76. The molecule has 1 amide bonds. The Balaban J connectivity index is 2.34. The molecule has 6 heteroatoms. The summed E-state index contributed by atoms with van der Waals surface area (Å²) in [6.45, 7) is 5.14. The number of aromatic nitrogens is 2. The van der Waals surface area contributed by atoms with Crippen molar-refractivity contribution in [1.29, 1.82) is 0 Å². The molecule has 1 aromatic heterocycles. The molecule has 0 fully saturated rings. The zero-order valence-electron chi connectivity index (χ0n) is 10.9. The fourth-order valence-electron chi connectivity index (χ4n) is 1.48. The first kappa shape index (κ1) is 13.1. The van der Waals surface area contributed by atoms with Gasteiger partial charge in [0.2, 0.25) is 17.5 Å². The number of amides is 1. The molecule has 1 aliphatic rings. The van der Waals surface area contributed by atoms with E-state index in [4.69, 9.17) is 0 Å². The van der Waals surface area contributed by atoms with Gasteiger partial charge in [0.1, 0.15) is 11.4 Å². The van der Waals surface area contributed by atoms with E-state index in [1.807, 2.05) is 0 Å². The first-order chi connectivity index (χ1) is 8.80. The Morgan fingerprint density at radius 2 is 1.68 bits per heavy atom. The van der Waals surface area contributed by atoms with Crippen LogP contribution in [0.25, 0.3) is 0 Å². The molecule has 19 heavy (non-hydrogen) atoms. The fourth-order valence-corrected chi connectivity index (χ4v) is 1.48. The molecule has 2 rings (SSSR count). The lowest BCUT2D eigenvalue weighted by Crippen LogP contribution is -2.38. The van der Waals surface area contributed by atoms with E-state index in [1.165, 1.54) is 12.4 Å². The number of carbonyl (C=O) groups excluding carboxylic acids is 3. The van der Waals surface area contributed by atoms with Crippen LogP contribution in [0, 0.1) is 5.41 Å². The van der Waals surface area contributed by atoms with Crippen LogP contribution in [0.3, 0.4) is 0 Å². The van der Waals surface area contributed by atoms with E-state index >= 15 is 0 Å². The van der Waals surface area contributed by atoms with Crippen molar-refractivity contribution in [3.05, 3.63) is 35.6 Å². The van der Waals surface area contributed by atoms with Crippen molar-refractivity contribution in [3.8, 4) is 0 Å². The zero-order valence-corrected chi connectivity index (χ0v) is 10.9. The number of hydrogen-bond donors (Lipinski definition) is 1. The molecule has 0 radical (unpaired) electrons. The van der Waals surface area contributed by atoms with Crippen molar-refractivity contribution in [3.63, 3.8) is 0 Å². The maximum atomic E-state index is 12.1. The monoisotopic (exact) mass is 259 g/mol. The summed E-state index contributed by atoms with van der Waals surface area (Å²) in [5.74, 6) is -1.28. The van der Waals surface area contributed by atoms with Gasteiger partial charge < -0.3 is 5.32 Å². The van der Waals surface area contributed by atoms with E-state index in [1.54, 1.807) is 20.8 Å². The highest BCUT2D eigenvalue weighted by molar-refractivity contribution is 6.23. The van der Waals surface area contributed by atoms with Crippen molar-refractivity contribution in [2.45, 2.75) is 20.8 Å². The Kier molecular flexibility index (Phi) is 3.01. The summed E-state index contributed by atoms with van der Waals surface area (Å²) in [4.78, 5) is 43.4. The Labute approximate surface area is 109 Å². The van der Waals surface area contributed by atoms with Crippen molar-refractivity contribution in [2.75, 3.05) is 0 Å². The van der Waals surface area contributed by atoms with E-state index in [-0.39, 0.29) is 23.0 Å². The standard InChI is InChI=1S/C13H13N3O3/c1-13(2,3)12(19)16-7-6-8(17)9-10(11(7)18)15-5-4-14-9/h4-6H,1-3H3,(H,16,19). The van der Waals surface area contributed by atoms with Crippen LogP contribution in [-0.4, -0.2) is 27.4 Å². The largest absolute Gasteiger partial charge is 0.322 e. The van der Waals surface area contributed by atoms with E-state index in [2.05, 4.69) is 15.3 Å². The molecular weight excluding hydrogens is 246 g/mol. The van der Waals surface area contributed by atoms with Crippen LogP contribution in [0.2, 0.25) is 0 Å². The Morgan fingerprint density at radius 1 is 1.11 bits per heavy atom. The molecule has 98 valence electrons. The summed E-state index contributed by atoms with van der Waals surface area (Å²) in [5.41, 5.74) is -0.731. The summed E-state index contributed by atoms with van der Waals surface area (Å²) < 4.78 is 0. The highest BCUT2D eigenvalue weighted by Crippen LogP contribution is 2.18. The van der Waals surface area contributed by atoms with Crippen molar-refractivity contribution in [2.24, 2.45) is 5.41 Å². The van der Waals surface area contributed by atoms with Gasteiger partial charge in [0, 0.05) is 23.9 Å². The van der Waals surface area contributed by atoms with Crippen LogP contribution in [0.15, 0.2) is 24.2 Å². The van der Waals surface area contributed by atoms with Crippen LogP contribution < -0.4 is 5.32 Å². The van der Waals surface area contributed by atoms with Crippen LogP contribution in [0.5, 0.6) is 0 Å². The minimum atomic E-state index is -0.660. The lowest BCUT2D eigenvalue weighted by atomic mass is 9.94. The van der Waals surface area contributed by atoms with Crippen LogP contribution >= 0.6 is 0 Å². The van der Waals surface area contributed by atoms with Crippen LogP contribution in [0.4, 0.5) is 0 Å². The van der Waals surface area contributed by atoms with E-state index in [0.717, 1.165) is 6.08 Å². The molecule has 1 aromatic rings. The molecule has 0 aromatic carbocycles. The molecule has 0 saturated carbocycles. The quantitative estimate of drug-likeness (QED) is 0.809. The second kappa shape index (κ2) is 4.38. The van der Waals surface area contributed by atoms with E-state index in [0.29, 0.717) is 0 Å². The molecule has 1 aliphatic carbocycles. The minimum absolute atomic E-state index is 0.0151. The molecular formula is C13H13N3O3. The third-order valence-corrected chi connectivity index (χ3v) is 2.60. The van der Waals surface area contributed by atoms with Gasteiger partial charge in [0.25, 0.3) is 0 Å². The molecule has 0 unspecified atom stereocenters. The summed E-state index contributed by atoms with van der Waals surface area (Å²) in [5, 5.41) is 2.46. The number of hydrogen-bond acceptors (Lipinski definition) is 5. The van der Waals surface area contributed by atoms with E-state index in [9.17, 15) is 14.4 Å². The molecule has 0 spiro atoms. The topological polar surface area (TPSA) is 89.0 Å². The average Bonchev–Trinajstić information content (AvgIpc) is 2.34. The number of nitrogens with zero attached hydrogens (tertiary/aromatic N) is 2. The van der Waals surface area contributed by atoms with Gasteiger partial charge >= 0.3 is 0 Å². The highest BCUT2D eigenvalue weighted by atomic mass is 16.2. The second-order valence-corrected chi connectivity index (χ2v) is 5.21. The van der Waals surface area contributed by atoms with Gasteiger partial charge in [0.05, 0.1) is 5.70 Å². The molecule has 0 atom stereocenters. The minimum Gasteiger partial charge on any atom is -0.322 e. The Morgan fingerprint density at radius 3 is 2.26 bits per heavy atom. The molecule has 1 N–H and O–H groups in total. The normalized spacial score (nSPS) is 14.8. The van der Waals surface area contributed by atoms with Gasteiger partial charge in [-0.15, -0.1) is 0 Å². The molecule has 6 nitrogen and oxygen atoms in total. The smallest absolute Gasteiger partial charge is 0.230 e. The predicted octanol–water partition coefficient (Wildman–Crippen LogP) is 0.902. The average molecular weight is 259 g/mol. The number of ketones is 2. The van der Waals surface area contributed by atoms with Crippen LogP contribution in [-0.2, 0) is 4.79 Å². The number of allylic oxidation sites excluding steroid dienone is 2. The summed E-state index contributed by atoms with van der Waals surface area (Å²) in [6, 6.07) is 0. The maximum Gasteiger partial charge on any atom is 0.230 e. The Bertz CT molecular complexity index is 612. The number of Topliss-reactive ketones (excluding diaryl/α,β-unsaturated/α-hetero) is 1. The van der Waals surface area contributed by atoms with Gasteiger partial charge in [-0.05, 0) is 0 Å². The third kappa shape index (κ3) is 2.42. The lowest BCUT2D eigenvalue weighted by Gasteiger charge is -2.20. The van der Waals surface area contributed by atoms with Gasteiger partial charge in [-0.1, -0.05) is 20.8 Å². The molecule has 1 heterocycles. The van der Waals surface area contributed by atoms with Crippen molar-refractivity contribution < 1.29 is 14.4 Å². The van der Waals surface area contributed by atoms with Gasteiger partial charge in [0.15, 0.2) is 0 Å². The third-order valence-electron chi connectivity index (χ3n) is 2.60. The van der Waals surface area contributed by atoms with Crippen LogP contribution in [0.1, 0.15) is 41.7 Å². The lowest BCUT2D eigenvalue weighted by molar-refractivity contribution is -0.127. The predicted molar refractivity (Wildman–Crippen MR) is 66.4 cm³/mol. The number of rotatable bonds is 1. The SMILES string of the molecule is CC(C)(C)C(=O)NC1=CC(=O)c2nccnc2C1=O. The number of fused-ring (bicyclic) bond motifs is 1. The van der Waals surface area contributed by atoms with Gasteiger partial charge in [-0.2, -0.15) is 0 Å².